The van der Waals surface area contributed by atoms with Gasteiger partial charge in [-0.1, -0.05) is 18.2 Å². The van der Waals surface area contributed by atoms with E-state index in [1.807, 2.05) is 0 Å². The van der Waals surface area contributed by atoms with E-state index in [-0.39, 0.29) is 12.0 Å². The van der Waals surface area contributed by atoms with Crippen LogP contribution in [0.1, 0.15) is 42.5 Å². The highest BCUT2D eigenvalue weighted by Gasteiger charge is 2.40. The summed E-state index contributed by atoms with van der Waals surface area (Å²) in [5, 5.41) is 17.9. The molecule has 1 N–H and O–H groups in total. The summed E-state index contributed by atoms with van der Waals surface area (Å²) in [7, 11) is 0. The lowest BCUT2D eigenvalue weighted by Gasteiger charge is -2.24. The van der Waals surface area contributed by atoms with Crippen molar-refractivity contribution in [1.29, 1.82) is 0 Å². The summed E-state index contributed by atoms with van der Waals surface area (Å²) in [5.74, 6) is -0.886. The van der Waals surface area contributed by atoms with Crippen molar-refractivity contribution < 1.29 is 23.1 Å². The molecule has 0 amide bonds. The van der Waals surface area contributed by atoms with Crippen LogP contribution < -0.4 is 0 Å². The largest absolute Gasteiger partial charge is 0.479 e. The van der Waals surface area contributed by atoms with Crippen LogP contribution in [0, 0.1) is 0 Å². The zero-order chi connectivity index (χ0) is 17.5. The summed E-state index contributed by atoms with van der Waals surface area (Å²) in [6.45, 7) is 1.41. The number of carboxylic acids is 1. The summed E-state index contributed by atoms with van der Waals surface area (Å²) >= 11 is 0. The summed E-state index contributed by atoms with van der Waals surface area (Å²) in [6, 6.07) is 4.67. The van der Waals surface area contributed by atoms with E-state index in [1.165, 1.54) is 25.3 Å². The van der Waals surface area contributed by atoms with E-state index in [1.54, 1.807) is 0 Å². The number of halogens is 3. The van der Waals surface area contributed by atoms with E-state index in [9.17, 15) is 23.1 Å². The van der Waals surface area contributed by atoms with Crippen LogP contribution in [0.5, 0.6) is 0 Å². The van der Waals surface area contributed by atoms with Gasteiger partial charge in [0, 0.05) is 12.3 Å². The van der Waals surface area contributed by atoms with Crippen molar-refractivity contribution in [3.05, 3.63) is 47.3 Å². The molecule has 0 radical (unpaired) electrons. The van der Waals surface area contributed by atoms with E-state index in [2.05, 4.69) is 10.2 Å². The lowest BCUT2D eigenvalue weighted by Crippen LogP contribution is -2.42. The van der Waals surface area contributed by atoms with Crippen LogP contribution in [0.2, 0.25) is 0 Å². The third-order valence-corrected chi connectivity index (χ3v) is 4.21. The molecule has 2 aromatic rings. The second-order valence-electron chi connectivity index (χ2n) is 6.29. The molecule has 1 atom stereocenters. The van der Waals surface area contributed by atoms with Gasteiger partial charge >= 0.3 is 12.1 Å². The van der Waals surface area contributed by atoms with Crippen LogP contribution in [-0.4, -0.2) is 26.1 Å². The molecule has 1 aromatic heterocycles. The Labute approximate surface area is 136 Å². The third-order valence-electron chi connectivity index (χ3n) is 4.21. The molecule has 0 spiro atoms. The first-order chi connectivity index (χ1) is 11.2. The molecule has 0 aliphatic heterocycles. The standard InChI is InChI=1S/C16H16F3N3O2/c1-15(14(23)24,22-20-9-13(21-22)11-5-6-11)8-10-3-2-4-12(7-10)16(17,18)19/h2-4,7,9,11H,5-6,8H2,1H3,(H,23,24). The Bertz CT molecular complexity index is 768. The highest BCUT2D eigenvalue weighted by Crippen LogP contribution is 2.39. The number of aromatic nitrogens is 3. The molecule has 3 rings (SSSR count). The molecule has 1 heterocycles. The number of hydrogen-bond donors (Lipinski definition) is 1. The van der Waals surface area contributed by atoms with Crippen molar-refractivity contribution in [2.24, 2.45) is 0 Å². The topological polar surface area (TPSA) is 68.0 Å². The summed E-state index contributed by atoms with van der Waals surface area (Å²) < 4.78 is 38.5. The highest BCUT2D eigenvalue weighted by molar-refractivity contribution is 5.76. The number of carbonyl (C=O) groups is 1. The van der Waals surface area contributed by atoms with E-state index in [4.69, 9.17) is 0 Å². The number of alkyl halides is 3. The van der Waals surface area contributed by atoms with Crippen LogP contribution in [-0.2, 0) is 22.9 Å². The minimum Gasteiger partial charge on any atom is -0.479 e. The summed E-state index contributed by atoms with van der Waals surface area (Å²) in [4.78, 5) is 12.9. The highest BCUT2D eigenvalue weighted by atomic mass is 19.4. The van der Waals surface area contributed by atoms with Crippen molar-refractivity contribution in [2.45, 2.75) is 43.8 Å². The minimum absolute atomic E-state index is 0.148. The Morgan fingerprint density at radius 3 is 2.67 bits per heavy atom. The number of rotatable bonds is 5. The molecule has 8 heteroatoms. The van der Waals surface area contributed by atoms with Crippen molar-refractivity contribution in [3.63, 3.8) is 0 Å². The third kappa shape index (κ3) is 3.13. The Hall–Kier alpha value is -2.38. The number of benzene rings is 1. The summed E-state index contributed by atoms with van der Waals surface area (Å²) in [5.41, 5.74) is -1.37. The van der Waals surface area contributed by atoms with Gasteiger partial charge < -0.3 is 5.11 Å². The van der Waals surface area contributed by atoms with E-state index < -0.39 is 23.2 Å². The number of nitrogens with zero attached hydrogens (tertiary/aromatic N) is 3. The lowest BCUT2D eigenvalue weighted by molar-refractivity contribution is -0.147. The Morgan fingerprint density at radius 1 is 1.38 bits per heavy atom. The lowest BCUT2D eigenvalue weighted by atomic mass is 9.92. The average molecular weight is 339 g/mol. The van der Waals surface area contributed by atoms with Gasteiger partial charge in [-0.2, -0.15) is 28.2 Å². The smallest absolute Gasteiger partial charge is 0.416 e. The van der Waals surface area contributed by atoms with Gasteiger partial charge in [-0.05, 0) is 31.4 Å². The molecule has 1 saturated carbocycles. The maximum absolute atomic E-state index is 12.8. The van der Waals surface area contributed by atoms with Crippen LogP contribution in [0.15, 0.2) is 30.5 Å². The van der Waals surface area contributed by atoms with Gasteiger partial charge in [0.2, 0.25) is 0 Å². The van der Waals surface area contributed by atoms with Gasteiger partial charge in [-0.25, -0.2) is 4.79 Å². The molecule has 0 saturated heterocycles. The predicted octanol–water partition coefficient (Wildman–Crippen LogP) is 3.22. The molecule has 5 nitrogen and oxygen atoms in total. The number of hydrogen-bond acceptors (Lipinski definition) is 3. The first-order valence-electron chi connectivity index (χ1n) is 7.52. The first kappa shape index (κ1) is 16.5. The molecule has 24 heavy (non-hydrogen) atoms. The molecule has 128 valence electrons. The fraction of sp³-hybridized carbons (Fsp3) is 0.438. The van der Waals surface area contributed by atoms with Gasteiger partial charge in [-0.15, -0.1) is 0 Å². The quantitative estimate of drug-likeness (QED) is 0.908. The second-order valence-corrected chi connectivity index (χ2v) is 6.29. The van der Waals surface area contributed by atoms with Gasteiger partial charge in [0.15, 0.2) is 5.54 Å². The number of carboxylic acid groups (broad SMARTS) is 1. The fourth-order valence-corrected chi connectivity index (χ4v) is 2.57. The molecular formula is C16H16F3N3O2. The van der Waals surface area contributed by atoms with Crippen LogP contribution >= 0.6 is 0 Å². The Morgan fingerprint density at radius 2 is 2.08 bits per heavy atom. The molecule has 1 aromatic carbocycles. The normalized spacial score (nSPS) is 17.5. The average Bonchev–Trinajstić information content (AvgIpc) is 3.23. The molecule has 0 bridgehead atoms. The fourth-order valence-electron chi connectivity index (χ4n) is 2.57. The van der Waals surface area contributed by atoms with Crippen LogP contribution in [0.3, 0.4) is 0 Å². The molecule has 1 aliphatic carbocycles. The molecular weight excluding hydrogens is 323 g/mol. The maximum Gasteiger partial charge on any atom is 0.416 e. The zero-order valence-corrected chi connectivity index (χ0v) is 12.9. The van der Waals surface area contributed by atoms with Gasteiger partial charge in [0.1, 0.15) is 0 Å². The first-order valence-corrected chi connectivity index (χ1v) is 7.52. The van der Waals surface area contributed by atoms with Crippen LogP contribution in [0.25, 0.3) is 0 Å². The SMILES string of the molecule is CC(Cc1cccc(C(F)(F)F)c1)(C(=O)O)n1ncc(C2CC2)n1. The minimum atomic E-state index is -4.47. The van der Waals surface area contributed by atoms with Gasteiger partial charge in [0.25, 0.3) is 0 Å². The maximum atomic E-state index is 12.8. The van der Waals surface area contributed by atoms with Gasteiger partial charge in [-0.3, -0.25) is 0 Å². The predicted molar refractivity (Wildman–Crippen MR) is 78.4 cm³/mol. The Kier molecular flexibility index (Phi) is 3.85. The van der Waals surface area contributed by atoms with Gasteiger partial charge in [0.05, 0.1) is 17.5 Å². The zero-order valence-electron chi connectivity index (χ0n) is 12.9. The Balaban J connectivity index is 1.92. The molecule has 1 unspecified atom stereocenters. The molecule has 1 fully saturated rings. The second kappa shape index (κ2) is 5.61. The summed E-state index contributed by atoms with van der Waals surface area (Å²) in [6.07, 6.45) is -1.10. The van der Waals surface area contributed by atoms with E-state index in [0.29, 0.717) is 5.92 Å². The van der Waals surface area contributed by atoms with E-state index >= 15 is 0 Å². The van der Waals surface area contributed by atoms with Crippen molar-refractivity contribution in [1.82, 2.24) is 15.0 Å². The van der Waals surface area contributed by atoms with Crippen molar-refractivity contribution in [3.8, 4) is 0 Å². The van der Waals surface area contributed by atoms with Crippen molar-refractivity contribution >= 4 is 5.97 Å². The van der Waals surface area contributed by atoms with Crippen LogP contribution in [0.4, 0.5) is 13.2 Å². The molecule has 1 aliphatic rings. The number of aliphatic carboxylic acids is 1. The van der Waals surface area contributed by atoms with E-state index in [0.717, 1.165) is 35.5 Å². The van der Waals surface area contributed by atoms with Crippen molar-refractivity contribution in [2.75, 3.05) is 0 Å². The monoisotopic (exact) mass is 339 g/mol.